The Morgan fingerprint density at radius 3 is 2.68 bits per heavy atom. The lowest BCUT2D eigenvalue weighted by Gasteiger charge is -2.06. The normalized spacial score (nSPS) is 12.5. The van der Waals surface area contributed by atoms with Crippen molar-refractivity contribution in [2.75, 3.05) is 0 Å². The molecule has 0 spiro atoms. The van der Waals surface area contributed by atoms with Crippen LogP contribution in [-0.4, -0.2) is 24.6 Å². The maximum atomic E-state index is 13.1. The molecule has 5 rings (SSSR count). The highest BCUT2D eigenvalue weighted by Crippen LogP contribution is 2.39. The highest BCUT2D eigenvalue weighted by atomic mass is 79.9. The summed E-state index contributed by atoms with van der Waals surface area (Å²) < 4.78 is 42.4. The van der Waals surface area contributed by atoms with Crippen molar-refractivity contribution < 1.29 is 13.2 Å². The van der Waals surface area contributed by atoms with Crippen molar-refractivity contribution >= 4 is 53.3 Å². The van der Waals surface area contributed by atoms with Gasteiger partial charge in [0.05, 0.1) is 5.52 Å². The molecular weight excluding hydrogens is 455 g/mol. The van der Waals surface area contributed by atoms with Gasteiger partial charge in [-0.2, -0.15) is 13.2 Å². The Hall–Kier alpha value is -2.59. The second-order valence-corrected chi connectivity index (χ2v) is 8.06. The number of fused-ring (bicyclic) bond motifs is 5. The maximum absolute atomic E-state index is 13.1. The van der Waals surface area contributed by atoms with E-state index < -0.39 is 11.9 Å². The van der Waals surface area contributed by atoms with Gasteiger partial charge >= 0.3 is 6.18 Å². The molecule has 0 amide bonds. The molecule has 0 aliphatic rings. The van der Waals surface area contributed by atoms with Gasteiger partial charge in [0.25, 0.3) is 0 Å². The molecule has 0 N–H and O–H groups in total. The Morgan fingerprint density at radius 2 is 1.93 bits per heavy atom. The smallest absolute Gasteiger partial charge is 0.234 e. The van der Waals surface area contributed by atoms with Crippen LogP contribution >= 0.6 is 27.3 Å². The Labute approximate surface area is 168 Å². The topological polar surface area (TPSA) is 56.0 Å². The monoisotopic (exact) mass is 463 g/mol. The van der Waals surface area contributed by atoms with Crippen LogP contribution in [0.15, 0.2) is 41.1 Å². The molecule has 0 saturated heterocycles. The molecule has 0 aliphatic carbocycles. The van der Waals surface area contributed by atoms with Crippen molar-refractivity contribution in [3.63, 3.8) is 0 Å². The fraction of sp³-hybridized carbons (Fsp3) is 0.111. The molecule has 0 unspecified atom stereocenters. The highest BCUT2D eigenvalue weighted by Gasteiger charge is 2.33. The van der Waals surface area contributed by atoms with Gasteiger partial charge in [-0.15, -0.1) is 16.4 Å². The predicted molar refractivity (Wildman–Crippen MR) is 104 cm³/mol. The summed E-state index contributed by atoms with van der Waals surface area (Å²) in [7, 11) is 0. The van der Waals surface area contributed by atoms with E-state index in [4.69, 9.17) is 0 Å². The van der Waals surface area contributed by atoms with Gasteiger partial charge < -0.3 is 0 Å². The maximum Gasteiger partial charge on any atom is 0.433 e. The minimum Gasteiger partial charge on any atom is -0.234 e. The standard InChI is InChI=1S/C18H9BrF3N5S/c1-8-6-11(18(20,21)22)24-17-12(8)13-14(28-17)16-25-15(26-27(16)7-23-13)9-4-2-3-5-10(9)19/h2-7H,1H3. The van der Waals surface area contributed by atoms with Gasteiger partial charge in [0.2, 0.25) is 0 Å². The number of aryl methyl sites for hydroxylation is 1. The van der Waals surface area contributed by atoms with E-state index in [0.29, 0.717) is 32.6 Å². The van der Waals surface area contributed by atoms with Crippen molar-refractivity contribution in [3.05, 3.63) is 52.4 Å². The van der Waals surface area contributed by atoms with Crippen LogP contribution in [0.1, 0.15) is 11.3 Å². The summed E-state index contributed by atoms with van der Waals surface area (Å²) in [4.78, 5) is 13.1. The van der Waals surface area contributed by atoms with Crippen LogP contribution in [0, 0.1) is 6.92 Å². The van der Waals surface area contributed by atoms with E-state index in [-0.39, 0.29) is 4.83 Å². The largest absolute Gasteiger partial charge is 0.433 e. The van der Waals surface area contributed by atoms with Gasteiger partial charge in [-0.3, -0.25) is 0 Å². The molecule has 0 saturated carbocycles. The molecule has 140 valence electrons. The number of thiophene rings is 1. The van der Waals surface area contributed by atoms with Gasteiger partial charge in [-0.05, 0) is 30.7 Å². The van der Waals surface area contributed by atoms with E-state index in [1.54, 1.807) is 6.92 Å². The van der Waals surface area contributed by atoms with Crippen molar-refractivity contribution in [2.45, 2.75) is 13.1 Å². The van der Waals surface area contributed by atoms with E-state index in [1.165, 1.54) is 10.8 Å². The van der Waals surface area contributed by atoms with E-state index in [9.17, 15) is 13.2 Å². The minimum atomic E-state index is -4.50. The third-order valence-electron chi connectivity index (χ3n) is 4.37. The average molecular weight is 464 g/mol. The SMILES string of the molecule is Cc1cc(C(F)(F)F)nc2sc3c(ncn4nc(-c5ccccc5Br)nc34)c12. The van der Waals surface area contributed by atoms with E-state index in [0.717, 1.165) is 27.4 Å². The van der Waals surface area contributed by atoms with Crippen LogP contribution < -0.4 is 0 Å². The first-order chi connectivity index (χ1) is 13.3. The Kier molecular flexibility index (Phi) is 3.72. The zero-order valence-electron chi connectivity index (χ0n) is 14.1. The molecule has 1 aromatic carbocycles. The van der Waals surface area contributed by atoms with Crippen molar-refractivity contribution in [1.29, 1.82) is 0 Å². The van der Waals surface area contributed by atoms with Crippen LogP contribution in [0.3, 0.4) is 0 Å². The third kappa shape index (κ3) is 2.59. The van der Waals surface area contributed by atoms with Crippen molar-refractivity contribution in [1.82, 2.24) is 24.6 Å². The first kappa shape index (κ1) is 17.5. The van der Waals surface area contributed by atoms with Crippen molar-refractivity contribution in [3.8, 4) is 11.4 Å². The quantitative estimate of drug-likeness (QED) is 0.322. The summed E-state index contributed by atoms with van der Waals surface area (Å²) in [6.07, 6.45) is -2.98. The summed E-state index contributed by atoms with van der Waals surface area (Å²) in [5.41, 5.74) is 1.50. The van der Waals surface area contributed by atoms with E-state index in [2.05, 4.69) is 36.0 Å². The molecule has 4 heterocycles. The molecule has 0 atom stereocenters. The Bertz CT molecular complexity index is 1390. The number of hydrogen-bond donors (Lipinski definition) is 0. The number of hydrogen-bond acceptors (Lipinski definition) is 5. The lowest BCUT2D eigenvalue weighted by Crippen LogP contribution is -2.07. The average Bonchev–Trinajstić information content (AvgIpc) is 3.22. The molecule has 28 heavy (non-hydrogen) atoms. The first-order valence-corrected chi connectivity index (χ1v) is 9.71. The number of benzene rings is 1. The van der Waals surface area contributed by atoms with Crippen molar-refractivity contribution in [2.24, 2.45) is 0 Å². The minimum absolute atomic E-state index is 0.286. The second-order valence-electron chi connectivity index (χ2n) is 6.21. The fourth-order valence-corrected chi connectivity index (χ4v) is 4.75. The van der Waals surface area contributed by atoms with Gasteiger partial charge in [0.15, 0.2) is 11.5 Å². The highest BCUT2D eigenvalue weighted by molar-refractivity contribution is 9.10. The molecule has 5 nitrogen and oxygen atoms in total. The van der Waals surface area contributed by atoms with Crippen LogP contribution in [0.2, 0.25) is 0 Å². The number of rotatable bonds is 1. The number of aromatic nitrogens is 5. The Balaban J connectivity index is 1.81. The lowest BCUT2D eigenvalue weighted by atomic mass is 10.1. The van der Waals surface area contributed by atoms with Crippen LogP contribution in [-0.2, 0) is 6.18 Å². The first-order valence-electron chi connectivity index (χ1n) is 8.10. The van der Waals surface area contributed by atoms with Crippen LogP contribution in [0.25, 0.3) is 37.5 Å². The summed E-state index contributed by atoms with van der Waals surface area (Å²) in [6.45, 7) is 1.63. The molecule has 0 fully saturated rings. The van der Waals surface area contributed by atoms with Crippen LogP contribution in [0.5, 0.6) is 0 Å². The third-order valence-corrected chi connectivity index (χ3v) is 6.13. The molecule has 0 aliphatic heterocycles. The van der Waals surface area contributed by atoms with Gasteiger partial charge in [-0.1, -0.05) is 28.1 Å². The number of nitrogens with zero attached hydrogens (tertiary/aromatic N) is 5. The van der Waals surface area contributed by atoms with Gasteiger partial charge in [0.1, 0.15) is 21.6 Å². The molecule has 10 heteroatoms. The van der Waals surface area contributed by atoms with Gasteiger partial charge in [-0.25, -0.2) is 19.5 Å². The van der Waals surface area contributed by atoms with Crippen LogP contribution in [0.4, 0.5) is 13.2 Å². The number of alkyl halides is 3. The van der Waals surface area contributed by atoms with E-state index in [1.807, 2.05) is 24.3 Å². The Morgan fingerprint density at radius 1 is 1.14 bits per heavy atom. The summed E-state index contributed by atoms with van der Waals surface area (Å²) in [5.74, 6) is 0.500. The molecule has 5 aromatic rings. The second kappa shape index (κ2) is 5.95. The molecule has 4 aromatic heterocycles. The zero-order chi connectivity index (χ0) is 19.6. The number of pyridine rings is 1. The predicted octanol–water partition coefficient (Wildman–Crippen LogP) is 5.64. The fourth-order valence-electron chi connectivity index (χ4n) is 3.11. The number of halogens is 4. The van der Waals surface area contributed by atoms with Gasteiger partial charge in [0, 0.05) is 15.4 Å². The summed E-state index contributed by atoms with van der Waals surface area (Å²) in [6, 6.07) is 8.60. The summed E-state index contributed by atoms with van der Waals surface area (Å²) in [5, 5.41) is 5.07. The summed E-state index contributed by atoms with van der Waals surface area (Å²) >= 11 is 4.62. The zero-order valence-corrected chi connectivity index (χ0v) is 16.5. The molecule has 0 radical (unpaired) electrons. The molecule has 0 bridgehead atoms. The lowest BCUT2D eigenvalue weighted by molar-refractivity contribution is -0.141. The van der Waals surface area contributed by atoms with E-state index >= 15 is 0 Å². The molecular formula is C18H9BrF3N5S.